The van der Waals surface area contributed by atoms with Crippen molar-refractivity contribution in [3.8, 4) is 11.5 Å². The highest BCUT2D eigenvalue weighted by Gasteiger charge is 2.30. The molecule has 4 aromatic rings. The minimum atomic E-state index is -1.53. The van der Waals surface area contributed by atoms with Crippen molar-refractivity contribution in [1.82, 2.24) is 14.9 Å². The summed E-state index contributed by atoms with van der Waals surface area (Å²) < 4.78 is 59.1. The molecule has 0 radical (unpaired) electrons. The summed E-state index contributed by atoms with van der Waals surface area (Å²) in [4.78, 5) is 22.6. The third-order valence-electron chi connectivity index (χ3n) is 6.21. The molecular weight excluding hydrogens is 572 g/mol. The van der Waals surface area contributed by atoms with Crippen molar-refractivity contribution < 1.29 is 32.2 Å². The van der Waals surface area contributed by atoms with Crippen LogP contribution in [0.15, 0.2) is 48.8 Å². The van der Waals surface area contributed by atoms with Crippen molar-refractivity contribution in [2.24, 2.45) is 0 Å². The number of halogens is 5. The zero-order chi connectivity index (χ0) is 28.4. The van der Waals surface area contributed by atoms with Crippen molar-refractivity contribution in [3.05, 3.63) is 81.9 Å². The average molecular weight is 593 g/mol. The van der Waals surface area contributed by atoms with Crippen LogP contribution in [0, 0.1) is 17.5 Å². The Morgan fingerprint density at radius 1 is 1.07 bits per heavy atom. The number of carbonyl (C=O) groups is 1. The highest BCUT2D eigenvalue weighted by atomic mass is 35.5. The molecule has 0 spiro atoms. The number of nitrogens with zero attached hydrogens (tertiary/aromatic N) is 3. The number of amides is 1. The molecule has 5 rings (SSSR count). The van der Waals surface area contributed by atoms with Crippen molar-refractivity contribution >= 4 is 51.5 Å². The number of rotatable bonds is 7. The van der Waals surface area contributed by atoms with E-state index < -0.39 is 35.0 Å². The van der Waals surface area contributed by atoms with Crippen LogP contribution in [-0.4, -0.2) is 60.3 Å². The maximum Gasteiger partial charge on any atom is 0.260 e. The molecule has 40 heavy (non-hydrogen) atoms. The van der Waals surface area contributed by atoms with E-state index in [-0.39, 0.29) is 26.3 Å². The summed E-state index contributed by atoms with van der Waals surface area (Å²) in [5.41, 5.74) is 0.273. The fourth-order valence-corrected chi connectivity index (χ4v) is 4.51. The first kappa shape index (κ1) is 27.8. The quantitative estimate of drug-likeness (QED) is 0.262. The molecule has 1 aliphatic heterocycles. The van der Waals surface area contributed by atoms with Crippen LogP contribution in [0.3, 0.4) is 0 Å². The third kappa shape index (κ3) is 5.72. The summed E-state index contributed by atoms with van der Waals surface area (Å²) in [6, 6.07) is 9.80. The van der Waals surface area contributed by atoms with Crippen LogP contribution in [0.2, 0.25) is 10.0 Å². The van der Waals surface area contributed by atoms with Crippen LogP contribution in [0.1, 0.15) is 10.4 Å². The lowest BCUT2D eigenvalue weighted by Gasteiger charge is -2.33. The van der Waals surface area contributed by atoms with Crippen molar-refractivity contribution in [1.29, 1.82) is 0 Å². The Hall–Kier alpha value is -3.80. The summed E-state index contributed by atoms with van der Waals surface area (Å²) in [7, 11) is 1.48. The van der Waals surface area contributed by atoms with Gasteiger partial charge in [0.25, 0.3) is 5.91 Å². The molecule has 1 amide bonds. The Balaban J connectivity index is 1.32. The van der Waals surface area contributed by atoms with Gasteiger partial charge in [0.1, 0.15) is 36.2 Å². The molecular formula is C27H21Cl2F3N4O4. The molecule has 8 nitrogen and oxygen atoms in total. The van der Waals surface area contributed by atoms with E-state index in [9.17, 15) is 18.0 Å². The number of hydrogen-bond donors (Lipinski definition) is 1. The first-order chi connectivity index (χ1) is 19.2. The van der Waals surface area contributed by atoms with Gasteiger partial charge in [-0.25, -0.2) is 23.1 Å². The van der Waals surface area contributed by atoms with Crippen LogP contribution in [0.5, 0.6) is 11.5 Å². The zero-order valence-electron chi connectivity index (χ0n) is 20.9. The molecule has 1 aliphatic rings. The van der Waals surface area contributed by atoms with Gasteiger partial charge >= 0.3 is 0 Å². The topological polar surface area (TPSA) is 85.8 Å². The molecule has 208 valence electrons. The van der Waals surface area contributed by atoms with Crippen molar-refractivity contribution in [2.75, 3.05) is 38.7 Å². The van der Waals surface area contributed by atoms with Crippen LogP contribution in [0.4, 0.5) is 24.7 Å². The fourth-order valence-electron chi connectivity index (χ4n) is 4.22. The second kappa shape index (κ2) is 11.7. The molecule has 0 aliphatic carbocycles. The number of nitrogens with one attached hydrogen (secondary N) is 1. The summed E-state index contributed by atoms with van der Waals surface area (Å²) in [5.74, 6) is -3.71. The van der Waals surface area contributed by atoms with Crippen LogP contribution in [-0.2, 0) is 4.74 Å². The summed E-state index contributed by atoms with van der Waals surface area (Å²) in [6.45, 7) is 0.142. The number of carbonyl (C=O) groups excluding carboxylic acids is 1. The van der Waals surface area contributed by atoms with Gasteiger partial charge in [0.2, 0.25) is 0 Å². The molecule has 1 unspecified atom stereocenters. The Morgan fingerprint density at radius 3 is 2.65 bits per heavy atom. The monoisotopic (exact) mass is 592 g/mol. The molecule has 1 saturated heterocycles. The highest BCUT2D eigenvalue weighted by molar-refractivity contribution is 6.42. The van der Waals surface area contributed by atoms with E-state index in [0.717, 1.165) is 0 Å². The Labute approximate surface area is 236 Å². The molecule has 1 atom stereocenters. The molecule has 3 aromatic carbocycles. The van der Waals surface area contributed by atoms with Crippen LogP contribution >= 0.6 is 23.2 Å². The second-order valence-electron chi connectivity index (χ2n) is 8.77. The van der Waals surface area contributed by atoms with Crippen molar-refractivity contribution in [2.45, 2.75) is 6.10 Å². The maximum atomic E-state index is 14.2. The van der Waals surface area contributed by atoms with E-state index in [4.69, 9.17) is 37.4 Å². The number of hydrogen-bond acceptors (Lipinski definition) is 7. The lowest BCUT2D eigenvalue weighted by atomic mass is 10.1. The van der Waals surface area contributed by atoms with E-state index in [0.29, 0.717) is 56.1 Å². The summed E-state index contributed by atoms with van der Waals surface area (Å²) >= 11 is 12.1. The number of aromatic nitrogens is 2. The lowest BCUT2D eigenvalue weighted by Crippen LogP contribution is -2.48. The van der Waals surface area contributed by atoms with Gasteiger partial charge < -0.3 is 24.4 Å². The first-order valence-corrected chi connectivity index (χ1v) is 12.7. The second-order valence-corrected chi connectivity index (χ2v) is 9.58. The minimum Gasteiger partial charge on any atom is -0.493 e. The van der Waals surface area contributed by atoms with Gasteiger partial charge in [-0.3, -0.25) is 4.79 Å². The van der Waals surface area contributed by atoms with Gasteiger partial charge in [-0.1, -0.05) is 23.2 Å². The van der Waals surface area contributed by atoms with E-state index in [2.05, 4.69) is 15.3 Å². The summed E-state index contributed by atoms with van der Waals surface area (Å²) in [6.07, 6.45) is 0.756. The Morgan fingerprint density at radius 2 is 1.88 bits per heavy atom. The normalized spacial score (nSPS) is 15.2. The maximum absolute atomic E-state index is 14.2. The average Bonchev–Trinajstić information content (AvgIpc) is 2.96. The molecule has 1 fully saturated rings. The molecule has 2 heterocycles. The number of anilines is 2. The van der Waals surface area contributed by atoms with Gasteiger partial charge in [-0.15, -0.1) is 0 Å². The number of benzene rings is 3. The minimum absolute atomic E-state index is 0.0147. The molecule has 13 heteroatoms. The van der Waals surface area contributed by atoms with Gasteiger partial charge in [-0.05, 0) is 36.4 Å². The van der Waals surface area contributed by atoms with E-state index >= 15 is 0 Å². The fraction of sp³-hybridized carbons (Fsp3) is 0.222. The standard InChI is InChI=1S/C27H21Cl2F3N4O4/c1-38-22-9-16-21(33-13-34-26(16)35-14-2-3-17(28)18(29)8-14)10-23(22)40-12-15-11-36(6-7-39-15)27(37)24-19(30)4-5-20(31)25(24)32/h2-5,8-10,13,15H,6-7,11-12H2,1H3,(H,33,34,35). The smallest absolute Gasteiger partial charge is 0.260 e. The highest BCUT2D eigenvalue weighted by Crippen LogP contribution is 2.35. The predicted octanol–water partition coefficient (Wildman–Crippen LogP) is 6.03. The van der Waals surface area contributed by atoms with Gasteiger partial charge in [0.05, 0.1) is 35.8 Å². The Bertz CT molecular complexity index is 1590. The van der Waals surface area contributed by atoms with Gasteiger partial charge in [0.15, 0.2) is 23.1 Å². The van der Waals surface area contributed by atoms with Crippen LogP contribution < -0.4 is 14.8 Å². The predicted molar refractivity (Wildman–Crippen MR) is 143 cm³/mol. The number of methoxy groups -OCH3 is 1. The first-order valence-electron chi connectivity index (χ1n) is 12.0. The lowest BCUT2D eigenvalue weighted by molar-refractivity contribution is -0.0406. The molecule has 1 aromatic heterocycles. The number of morpholine rings is 1. The van der Waals surface area contributed by atoms with Crippen molar-refractivity contribution in [3.63, 3.8) is 0 Å². The number of fused-ring (bicyclic) bond motifs is 1. The molecule has 0 saturated carbocycles. The SMILES string of the molecule is COc1cc2c(Nc3ccc(Cl)c(Cl)c3)ncnc2cc1OCC1CN(C(=O)c2c(F)ccc(F)c2F)CCO1. The number of ether oxygens (including phenoxy) is 3. The van der Waals surface area contributed by atoms with Gasteiger partial charge in [0, 0.05) is 23.7 Å². The molecule has 1 N–H and O–H groups in total. The van der Waals surface area contributed by atoms with E-state index in [1.807, 2.05) is 0 Å². The van der Waals surface area contributed by atoms with E-state index in [1.54, 1.807) is 30.3 Å². The van der Waals surface area contributed by atoms with Crippen LogP contribution in [0.25, 0.3) is 10.9 Å². The summed E-state index contributed by atoms with van der Waals surface area (Å²) in [5, 5.41) is 4.63. The van der Waals surface area contributed by atoms with Gasteiger partial charge in [-0.2, -0.15) is 0 Å². The molecule has 0 bridgehead atoms. The largest absolute Gasteiger partial charge is 0.493 e. The third-order valence-corrected chi connectivity index (χ3v) is 6.95. The Kier molecular flexibility index (Phi) is 8.15. The van der Waals surface area contributed by atoms with E-state index in [1.165, 1.54) is 18.3 Å². The zero-order valence-corrected chi connectivity index (χ0v) is 22.4.